The topological polar surface area (TPSA) is 55.2 Å². The number of hydrogen-bond donors (Lipinski definition) is 0. The molecule has 2 heterocycles. The van der Waals surface area contributed by atoms with Crippen molar-refractivity contribution >= 4 is 62.0 Å². The SMILES string of the molecule is CCn1c(SCC(=O)N2CCSc3ccccc32)nc2ccc(Br)cc2c1=O. The zero-order valence-electron chi connectivity index (χ0n) is 15.2. The monoisotopic (exact) mass is 475 g/mol. The Bertz CT molecular complexity index is 1120. The van der Waals surface area contributed by atoms with E-state index >= 15 is 0 Å². The summed E-state index contributed by atoms with van der Waals surface area (Å²) < 4.78 is 2.48. The maximum absolute atomic E-state index is 12.9. The molecule has 0 radical (unpaired) electrons. The van der Waals surface area contributed by atoms with E-state index in [1.54, 1.807) is 22.4 Å². The van der Waals surface area contributed by atoms with Gasteiger partial charge in [0.2, 0.25) is 5.91 Å². The predicted octanol–water partition coefficient (Wildman–Crippen LogP) is 4.41. The first kappa shape index (κ1) is 19.5. The average molecular weight is 476 g/mol. The molecule has 2 aromatic carbocycles. The highest BCUT2D eigenvalue weighted by molar-refractivity contribution is 9.10. The molecule has 8 heteroatoms. The molecule has 1 aromatic heterocycles. The van der Waals surface area contributed by atoms with Crippen molar-refractivity contribution in [2.24, 2.45) is 0 Å². The minimum atomic E-state index is -0.0801. The Morgan fingerprint density at radius 3 is 2.93 bits per heavy atom. The molecular formula is C20H18BrN3O2S2. The quantitative estimate of drug-likeness (QED) is 0.413. The normalized spacial score (nSPS) is 13.6. The van der Waals surface area contributed by atoms with E-state index in [-0.39, 0.29) is 17.2 Å². The number of benzene rings is 2. The van der Waals surface area contributed by atoms with Crippen molar-refractivity contribution in [3.05, 3.63) is 57.3 Å². The fourth-order valence-electron chi connectivity index (χ4n) is 3.19. The Morgan fingerprint density at radius 1 is 1.29 bits per heavy atom. The highest BCUT2D eigenvalue weighted by atomic mass is 79.9. The van der Waals surface area contributed by atoms with Crippen LogP contribution in [0.4, 0.5) is 5.69 Å². The second-order valence-corrected chi connectivity index (χ2v) is 9.25. The summed E-state index contributed by atoms with van der Waals surface area (Å²) in [6, 6.07) is 13.5. The molecule has 0 atom stereocenters. The largest absolute Gasteiger partial charge is 0.310 e. The molecule has 1 aliphatic rings. The first-order chi connectivity index (χ1) is 13.6. The molecular weight excluding hydrogens is 458 g/mol. The van der Waals surface area contributed by atoms with Gasteiger partial charge in [-0.25, -0.2) is 4.98 Å². The van der Waals surface area contributed by atoms with Crippen molar-refractivity contribution in [3.63, 3.8) is 0 Å². The molecule has 28 heavy (non-hydrogen) atoms. The number of hydrogen-bond acceptors (Lipinski definition) is 5. The number of carbonyl (C=O) groups excluding carboxylic acids is 1. The number of carbonyl (C=O) groups is 1. The third-order valence-electron chi connectivity index (χ3n) is 4.55. The molecule has 1 amide bonds. The van der Waals surface area contributed by atoms with Crippen molar-refractivity contribution in [2.75, 3.05) is 23.0 Å². The maximum Gasteiger partial charge on any atom is 0.262 e. The van der Waals surface area contributed by atoms with E-state index < -0.39 is 0 Å². The van der Waals surface area contributed by atoms with E-state index in [0.717, 1.165) is 20.8 Å². The average Bonchev–Trinajstić information content (AvgIpc) is 2.72. The third-order valence-corrected chi connectivity index (χ3v) is 7.05. The smallest absolute Gasteiger partial charge is 0.262 e. The van der Waals surface area contributed by atoms with Crippen LogP contribution in [0.2, 0.25) is 0 Å². The van der Waals surface area contributed by atoms with Gasteiger partial charge in [0.1, 0.15) is 0 Å². The van der Waals surface area contributed by atoms with Gasteiger partial charge in [-0.1, -0.05) is 39.8 Å². The van der Waals surface area contributed by atoms with Crippen LogP contribution in [0.15, 0.2) is 61.8 Å². The Balaban J connectivity index is 1.60. The van der Waals surface area contributed by atoms with Gasteiger partial charge in [-0.05, 0) is 37.3 Å². The van der Waals surface area contributed by atoms with Crippen molar-refractivity contribution in [1.82, 2.24) is 9.55 Å². The van der Waals surface area contributed by atoms with Gasteiger partial charge in [0.05, 0.1) is 22.3 Å². The molecule has 144 valence electrons. The molecule has 0 bridgehead atoms. The zero-order valence-corrected chi connectivity index (χ0v) is 18.4. The summed E-state index contributed by atoms with van der Waals surface area (Å²) in [4.78, 5) is 33.3. The number of para-hydroxylation sites is 1. The minimum absolute atomic E-state index is 0.0329. The van der Waals surface area contributed by atoms with Crippen LogP contribution < -0.4 is 10.5 Å². The first-order valence-electron chi connectivity index (χ1n) is 8.93. The van der Waals surface area contributed by atoms with Gasteiger partial charge in [0, 0.05) is 28.2 Å². The molecule has 4 rings (SSSR count). The van der Waals surface area contributed by atoms with Gasteiger partial charge in [-0.15, -0.1) is 11.8 Å². The maximum atomic E-state index is 12.9. The Kier molecular flexibility index (Phi) is 5.80. The minimum Gasteiger partial charge on any atom is -0.310 e. The Hall–Kier alpha value is -1.77. The Labute approximate surface area is 179 Å². The highest BCUT2D eigenvalue weighted by Gasteiger charge is 2.23. The lowest BCUT2D eigenvalue weighted by Gasteiger charge is -2.28. The summed E-state index contributed by atoms with van der Waals surface area (Å²) in [5.41, 5.74) is 1.53. The number of amides is 1. The van der Waals surface area contributed by atoms with Crippen molar-refractivity contribution in [2.45, 2.75) is 23.5 Å². The van der Waals surface area contributed by atoms with Crippen LogP contribution in [-0.4, -0.2) is 33.5 Å². The number of halogens is 1. The molecule has 3 aromatic rings. The van der Waals surface area contributed by atoms with Gasteiger partial charge < -0.3 is 4.90 Å². The fourth-order valence-corrected chi connectivity index (χ4v) is 5.49. The summed E-state index contributed by atoms with van der Waals surface area (Å²) in [5, 5.41) is 1.16. The second-order valence-electron chi connectivity index (χ2n) is 6.26. The van der Waals surface area contributed by atoms with Gasteiger partial charge in [-0.2, -0.15) is 0 Å². The van der Waals surface area contributed by atoms with E-state index in [4.69, 9.17) is 0 Å². The fraction of sp³-hybridized carbons (Fsp3) is 0.250. The van der Waals surface area contributed by atoms with Crippen LogP contribution in [0.25, 0.3) is 10.9 Å². The van der Waals surface area contributed by atoms with Gasteiger partial charge in [0.25, 0.3) is 5.56 Å². The molecule has 0 saturated heterocycles. The van der Waals surface area contributed by atoms with Crippen LogP contribution in [0.1, 0.15) is 6.92 Å². The third kappa shape index (κ3) is 3.73. The predicted molar refractivity (Wildman–Crippen MR) is 120 cm³/mol. The van der Waals surface area contributed by atoms with Crippen LogP contribution >= 0.6 is 39.5 Å². The molecule has 0 unspecified atom stereocenters. The number of anilines is 1. The number of fused-ring (bicyclic) bond motifs is 2. The number of aromatic nitrogens is 2. The Morgan fingerprint density at radius 2 is 2.11 bits per heavy atom. The summed E-state index contributed by atoms with van der Waals surface area (Å²) in [6.45, 7) is 3.12. The van der Waals surface area contributed by atoms with Crippen LogP contribution in [0, 0.1) is 0 Å². The van der Waals surface area contributed by atoms with Crippen LogP contribution in [0.5, 0.6) is 0 Å². The lowest BCUT2D eigenvalue weighted by molar-refractivity contribution is -0.116. The summed E-state index contributed by atoms with van der Waals surface area (Å²) in [5.74, 6) is 1.16. The number of rotatable bonds is 4. The van der Waals surface area contributed by atoms with E-state index in [0.29, 0.717) is 29.1 Å². The summed E-state index contributed by atoms with van der Waals surface area (Å²) in [7, 11) is 0. The molecule has 0 saturated carbocycles. The second kappa shape index (κ2) is 8.31. The molecule has 5 nitrogen and oxygen atoms in total. The number of nitrogens with zero attached hydrogens (tertiary/aromatic N) is 3. The molecule has 0 N–H and O–H groups in total. The lowest BCUT2D eigenvalue weighted by Crippen LogP contribution is -2.36. The molecule has 0 aliphatic carbocycles. The van der Waals surface area contributed by atoms with Gasteiger partial charge >= 0.3 is 0 Å². The highest BCUT2D eigenvalue weighted by Crippen LogP contribution is 2.34. The molecule has 0 spiro atoms. The summed E-state index contributed by atoms with van der Waals surface area (Å²) in [6.07, 6.45) is 0. The molecule has 0 fully saturated rings. The van der Waals surface area contributed by atoms with Gasteiger partial charge in [-0.3, -0.25) is 14.2 Å². The first-order valence-corrected chi connectivity index (χ1v) is 11.7. The number of thioether (sulfide) groups is 2. The zero-order chi connectivity index (χ0) is 19.7. The van der Waals surface area contributed by atoms with Crippen molar-refractivity contribution < 1.29 is 4.79 Å². The van der Waals surface area contributed by atoms with Crippen molar-refractivity contribution in [3.8, 4) is 0 Å². The van der Waals surface area contributed by atoms with E-state index in [1.165, 1.54) is 11.8 Å². The lowest BCUT2D eigenvalue weighted by atomic mass is 10.2. The van der Waals surface area contributed by atoms with E-state index in [9.17, 15) is 9.59 Å². The van der Waals surface area contributed by atoms with Crippen molar-refractivity contribution in [1.29, 1.82) is 0 Å². The molecule has 1 aliphatic heterocycles. The van der Waals surface area contributed by atoms with E-state index in [2.05, 4.69) is 20.9 Å². The van der Waals surface area contributed by atoms with Crippen LogP contribution in [0.3, 0.4) is 0 Å². The standard InChI is InChI=1S/C20H18BrN3O2S2/c1-2-23-19(26)14-11-13(21)7-8-15(14)22-20(23)28-12-18(25)24-9-10-27-17-6-4-3-5-16(17)24/h3-8,11H,2,9-10,12H2,1H3. The summed E-state index contributed by atoms with van der Waals surface area (Å²) >= 11 is 6.50. The van der Waals surface area contributed by atoms with E-state index in [1.807, 2.05) is 48.2 Å². The van der Waals surface area contributed by atoms with Crippen LogP contribution in [-0.2, 0) is 11.3 Å². The van der Waals surface area contributed by atoms with Gasteiger partial charge in [0.15, 0.2) is 5.16 Å².